The Hall–Kier alpha value is -3.45. The van der Waals surface area contributed by atoms with Gasteiger partial charge < -0.3 is 5.32 Å². The first-order valence-electron chi connectivity index (χ1n) is 9.99. The maximum atomic E-state index is 12.9. The van der Waals surface area contributed by atoms with Crippen LogP contribution in [0.4, 0.5) is 5.69 Å². The first-order valence-corrected chi connectivity index (χ1v) is 10.9. The van der Waals surface area contributed by atoms with E-state index in [0.717, 1.165) is 28.1 Å². The highest BCUT2D eigenvalue weighted by molar-refractivity contribution is 8.00. The Morgan fingerprint density at radius 2 is 1.71 bits per heavy atom. The molecule has 0 saturated carbocycles. The number of hydrogen-bond acceptors (Lipinski definition) is 5. The summed E-state index contributed by atoms with van der Waals surface area (Å²) in [6, 6.07) is 19.7. The average molecular weight is 430 g/mol. The Labute approximate surface area is 185 Å². The zero-order valence-corrected chi connectivity index (χ0v) is 18.4. The van der Waals surface area contributed by atoms with E-state index < -0.39 is 0 Å². The van der Waals surface area contributed by atoms with Gasteiger partial charge in [0.25, 0.3) is 0 Å². The van der Waals surface area contributed by atoms with Crippen LogP contribution in [-0.4, -0.2) is 30.9 Å². The number of carbonyl (C=O) groups excluding carboxylic acids is 1. The molecule has 0 radical (unpaired) electrons. The molecule has 6 nitrogen and oxygen atoms in total. The van der Waals surface area contributed by atoms with E-state index in [1.807, 2.05) is 86.0 Å². The smallest absolute Gasteiger partial charge is 0.237 e. The quantitative estimate of drug-likeness (QED) is 0.434. The lowest BCUT2D eigenvalue weighted by Gasteiger charge is -2.16. The normalized spacial score (nSPS) is 11.8. The second-order valence-corrected chi connectivity index (χ2v) is 8.54. The number of carbonyl (C=O) groups is 1. The third-order valence-corrected chi connectivity index (χ3v) is 5.99. The first kappa shape index (κ1) is 20.8. The second kappa shape index (κ2) is 9.14. The Morgan fingerprint density at radius 1 is 0.968 bits per heavy atom. The van der Waals surface area contributed by atoms with Gasteiger partial charge in [0.15, 0.2) is 11.0 Å². The van der Waals surface area contributed by atoms with Crippen LogP contribution in [0.25, 0.3) is 17.1 Å². The van der Waals surface area contributed by atoms with E-state index in [2.05, 4.69) is 20.5 Å². The molecule has 4 aromatic rings. The lowest BCUT2D eigenvalue weighted by atomic mass is 10.1. The maximum Gasteiger partial charge on any atom is 0.237 e. The van der Waals surface area contributed by atoms with Gasteiger partial charge in [-0.3, -0.25) is 14.3 Å². The fourth-order valence-corrected chi connectivity index (χ4v) is 4.15. The van der Waals surface area contributed by atoms with Crippen LogP contribution in [-0.2, 0) is 4.79 Å². The Morgan fingerprint density at radius 3 is 2.39 bits per heavy atom. The van der Waals surface area contributed by atoms with Crippen molar-refractivity contribution in [3.63, 3.8) is 0 Å². The first-order chi connectivity index (χ1) is 15.0. The van der Waals surface area contributed by atoms with Crippen LogP contribution >= 0.6 is 11.8 Å². The monoisotopic (exact) mass is 429 g/mol. The molecule has 0 saturated heterocycles. The molecular weight excluding hydrogens is 406 g/mol. The van der Waals surface area contributed by atoms with Crippen molar-refractivity contribution in [2.75, 3.05) is 5.32 Å². The van der Waals surface area contributed by atoms with Crippen molar-refractivity contribution in [2.24, 2.45) is 0 Å². The SMILES string of the molecule is Cc1cccc(C)c1NC(=O)[C@H](C)Sc1nnc(-c2cccnc2)n1-c1ccccc1. The predicted octanol–water partition coefficient (Wildman–Crippen LogP) is 5.07. The molecule has 0 spiro atoms. The molecule has 4 rings (SSSR count). The van der Waals surface area contributed by atoms with Crippen molar-refractivity contribution in [3.8, 4) is 17.1 Å². The molecule has 1 atom stereocenters. The third-order valence-electron chi connectivity index (χ3n) is 4.95. The van der Waals surface area contributed by atoms with Crippen LogP contribution in [0.15, 0.2) is 78.2 Å². The molecule has 0 bridgehead atoms. The van der Waals surface area contributed by atoms with Crippen molar-refractivity contribution in [2.45, 2.75) is 31.2 Å². The number of pyridine rings is 1. The standard InChI is InChI=1S/C24H23N5OS/c1-16-9-7-10-17(2)21(16)26-23(30)18(3)31-24-28-27-22(19-11-8-14-25-15-19)29(24)20-12-5-4-6-13-20/h4-15,18H,1-3H3,(H,26,30)/t18-/m0/s1. The maximum absolute atomic E-state index is 12.9. The average Bonchev–Trinajstić information content (AvgIpc) is 3.21. The highest BCUT2D eigenvalue weighted by Gasteiger charge is 2.22. The summed E-state index contributed by atoms with van der Waals surface area (Å²) in [6.45, 7) is 5.86. The fraction of sp³-hybridized carbons (Fsp3) is 0.167. The third kappa shape index (κ3) is 4.51. The van der Waals surface area contributed by atoms with Gasteiger partial charge in [0.2, 0.25) is 5.91 Å². The van der Waals surface area contributed by atoms with Gasteiger partial charge >= 0.3 is 0 Å². The van der Waals surface area contributed by atoms with Crippen LogP contribution in [0.5, 0.6) is 0 Å². The van der Waals surface area contributed by atoms with Crippen LogP contribution < -0.4 is 5.32 Å². The minimum atomic E-state index is -0.368. The molecule has 1 N–H and O–H groups in total. The van der Waals surface area contributed by atoms with Crippen LogP contribution in [0.3, 0.4) is 0 Å². The number of nitrogens with zero attached hydrogens (tertiary/aromatic N) is 4. The number of rotatable bonds is 6. The summed E-state index contributed by atoms with van der Waals surface area (Å²) in [5, 5.41) is 12.2. The lowest BCUT2D eigenvalue weighted by Crippen LogP contribution is -2.23. The Kier molecular flexibility index (Phi) is 6.13. The van der Waals surface area contributed by atoms with Gasteiger partial charge in [-0.1, -0.05) is 48.2 Å². The molecule has 0 aliphatic heterocycles. The molecule has 2 aromatic carbocycles. The molecule has 7 heteroatoms. The van der Waals surface area contributed by atoms with Crippen molar-refractivity contribution >= 4 is 23.4 Å². The number of para-hydroxylation sites is 2. The number of amides is 1. The fourth-order valence-electron chi connectivity index (χ4n) is 3.29. The summed E-state index contributed by atoms with van der Waals surface area (Å²) in [5.41, 5.74) is 4.73. The Bertz CT molecular complexity index is 1170. The van der Waals surface area contributed by atoms with Crippen molar-refractivity contribution in [3.05, 3.63) is 84.2 Å². The van der Waals surface area contributed by atoms with Gasteiger partial charge in [-0.25, -0.2) is 0 Å². The zero-order chi connectivity index (χ0) is 21.8. The van der Waals surface area contributed by atoms with Crippen LogP contribution in [0.2, 0.25) is 0 Å². The molecule has 31 heavy (non-hydrogen) atoms. The summed E-state index contributed by atoms with van der Waals surface area (Å²) < 4.78 is 1.96. The lowest BCUT2D eigenvalue weighted by molar-refractivity contribution is -0.115. The molecular formula is C24H23N5OS. The number of aryl methyl sites for hydroxylation is 2. The van der Waals surface area contributed by atoms with E-state index >= 15 is 0 Å². The van der Waals surface area contributed by atoms with E-state index in [4.69, 9.17) is 0 Å². The van der Waals surface area contributed by atoms with Crippen LogP contribution in [0.1, 0.15) is 18.1 Å². The minimum Gasteiger partial charge on any atom is -0.325 e. The number of aromatic nitrogens is 4. The number of benzene rings is 2. The number of anilines is 1. The van der Waals surface area contributed by atoms with Gasteiger partial charge in [0.05, 0.1) is 5.25 Å². The van der Waals surface area contributed by atoms with Crippen molar-refractivity contribution in [1.82, 2.24) is 19.7 Å². The summed E-state index contributed by atoms with van der Waals surface area (Å²) in [6.07, 6.45) is 3.48. The highest BCUT2D eigenvalue weighted by Crippen LogP contribution is 2.30. The second-order valence-electron chi connectivity index (χ2n) is 7.23. The van der Waals surface area contributed by atoms with Crippen molar-refractivity contribution < 1.29 is 4.79 Å². The van der Waals surface area contributed by atoms with E-state index in [1.165, 1.54) is 11.8 Å². The van der Waals surface area contributed by atoms with Gasteiger partial charge in [0, 0.05) is 29.3 Å². The number of thioether (sulfide) groups is 1. The molecule has 0 aliphatic rings. The van der Waals surface area contributed by atoms with E-state index in [1.54, 1.807) is 12.4 Å². The van der Waals surface area contributed by atoms with Gasteiger partial charge in [0.1, 0.15) is 0 Å². The summed E-state index contributed by atoms with van der Waals surface area (Å²) >= 11 is 1.38. The van der Waals surface area contributed by atoms with Gasteiger partial charge in [-0.2, -0.15) is 0 Å². The topological polar surface area (TPSA) is 72.7 Å². The van der Waals surface area contributed by atoms with Crippen LogP contribution in [0, 0.1) is 13.8 Å². The highest BCUT2D eigenvalue weighted by atomic mass is 32.2. The predicted molar refractivity (Wildman–Crippen MR) is 124 cm³/mol. The van der Waals surface area contributed by atoms with Gasteiger partial charge in [-0.05, 0) is 56.2 Å². The van der Waals surface area contributed by atoms with E-state index in [-0.39, 0.29) is 11.2 Å². The summed E-state index contributed by atoms with van der Waals surface area (Å²) in [4.78, 5) is 17.2. The molecule has 1 amide bonds. The zero-order valence-electron chi connectivity index (χ0n) is 17.6. The molecule has 2 heterocycles. The molecule has 0 unspecified atom stereocenters. The van der Waals surface area contributed by atoms with Gasteiger partial charge in [-0.15, -0.1) is 10.2 Å². The van der Waals surface area contributed by atoms with E-state index in [0.29, 0.717) is 11.0 Å². The number of hydrogen-bond donors (Lipinski definition) is 1. The number of nitrogens with one attached hydrogen (secondary N) is 1. The minimum absolute atomic E-state index is 0.0760. The molecule has 0 aliphatic carbocycles. The largest absolute Gasteiger partial charge is 0.325 e. The van der Waals surface area contributed by atoms with E-state index in [9.17, 15) is 4.79 Å². The summed E-state index contributed by atoms with van der Waals surface area (Å²) in [7, 11) is 0. The molecule has 2 aromatic heterocycles. The Balaban J connectivity index is 1.64. The van der Waals surface area contributed by atoms with Crippen molar-refractivity contribution in [1.29, 1.82) is 0 Å². The molecule has 156 valence electrons. The molecule has 0 fully saturated rings. The summed E-state index contributed by atoms with van der Waals surface area (Å²) in [5.74, 6) is 0.608.